The summed E-state index contributed by atoms with van der Waals surface area (Å²) < 4.78 is 26.6. The van der Waals surface area contributed by atoms with Crippen molar-refractivity contribution in [1.29, 1.82) is 0 Å². The Morgan fingerprint density at radius 1 is 1.41 bits per heavy atom. The summed E-state index contributed by atoms with van der Waals surface area (Å²) in [6.45, 7) is 6.18. The van der Waals surface area contributed by atoms with E-state index in [2.05, 4.69) is 15.1 Å². The van der Waals surface area contributed by atoms with E-state index in [4.69, 9.17) is 5.84 Å². The van der Waals surface area contributed by atoms with Crippen molar-refractivity contribution in [2.45, 2.75) is 25.7 Å². The van der Waals surface area contributed by atoms with Gasteiger partial charge >= 0.3 is 0 Å². The molecule has 1 aromatic rings. The minimum Gasteiger partial charge on any atom is -0.323 e. The maximum Gasteiger partial charge on any atom is 0.244 e. The van der Waals surface area contributed by atoms with E-state index >= 15 is 0 Å². The summed E-state index contributed by atoms with van der Waals surface area (Å²) in [4.78, 5) is 3.84. The second-order valence-corrected chi connectivity index (χ2v) is 6.64. The van der Waals surface area contributed by atoms with Crippen LogP contribution in [0.25, 0.3) is 0 Å². The maximum atomic E-state index is 12.0. The molecule has 0 aromatic carbocycles. The zero-order chi connectivity index (χ0) is 13.1. The molecule has 0 aliphatic heterocycles. The maximum absolute atomic E-state index is 12.0. The Bertz CT molecular complexity index is 479. The molecule has 0 saturated carbocycles. The quantitative estimate of drug-likeness (QED) is 0.545. The van der Waals surface area contributed by atoms with Gasteiger partial charge in [-0.1, -0.05) is 20.8 Å². The van der Waals surface area contributed by atoms with Crippen molar-refractivity contribution in [3.63, 3.8) is 0 Å². The summed E-state index contributed by atoms with van der Waals surface area (Å²) in [5.41, 5.74) is 2.53. The van der Waals surface area contributed by atoms with E-state index in [1.165, 1.54) is 18.5 Å². The van der Waals surface area contributed by atoms with Gasteiger partial charge in [0.05, 0.1) is 5.69 Å². The average molecular weight is 258 g/mol. The van der Waals surface area contributed by atoms with Crippen LogP contribution in [0.2, 0.25) is 0 Å². The van der Waals surface area contributed by atoms with Gasteiger partial charge in [-0.15, -0.1) is 0 Å². The first kappa shape index (κ1) is 13.9. The number of nitrogens with two attached hydrogens (primary N) is 1. The lowest BCUT2D eigenvalue weighted by Crippen LogP contribution is -2.33. The van der Waals surface area contributed by atoms with Crippen LogP contribution in [0.3, 0.4) is 0 Å². The van der Waals surface area contributed by atoms with E-state index in [9.17, 15) is 8.42 Å². The fourth-order valence-electron chi connectivity index (χ4n) is 1.10. The minimum atomic E-state index is -3.59. The molecule has 0 aliphatic rings. The fraction of sp³-hybridized carbons (Fsp3) is 0.500. The molecule has 1 rings (SSSR count). The highest BCUT2D eigenvalue weighted by atomic mass is 32.2. The van der Waals surface area contributed by atoms with Crippen LogP contribution in [-0.2, 0) is 10.0 Å². The van der Waals surface area contributed by atoms with Crippen LogP contribution in [0.5, 0.6) is 0 Å². The topological polar surface area (TPSA) is 97.1 Å². The second-order valence-electron chi connectivity index (χ2n) is 4.90. The second kappa shape index (κ2) is 4.99. The molecule has 4 N–H and O–H groups in total. The molecule has 0 atom stereocenters. The van der Waals surface area contributed by atoms with Gasteiger partial charge in [-0.3, -0.25) is 10.8 Å². The highest BCUT2D eigenvalue weighted by Crippen LogP contribution is 2.19. The van der Waals surface area contributed by atoms with Crippen molar-refractivity contribution in [2.75, 3.05) is 12.0 Å². The van der Waals surface area contributed by atoms with Crippen LogP contribution in [0.4, 0.5) is 5.69 Å². The van der Waals surface area contributed by atoms with E-state index in [1.807, 2.05) is 20.8 Å². The molecule has 96 valence electrons. The van der Waals surface area contributed by atoms with Crippen LogP contribution in [0, 0.1) is 5.41 Å². The third kappa shape index (κ3) is 3.95. The Labute approximate surface area is 102 Å². The van der Waals surface area contributed by atoms with Gasteiger partial charge in [-0.2, -0.15) is 0 Å². The standard InChI is InChI=1S/C10H18N4O2S/c1-10(2,3)7-13-17(15,16)9-6-12-5-4-8(9)14-11/h4-6,13H,7,11H2,1-3H3,(H,12,14). The van der Waals surface area contributed by atoms with Gasteiger partial charge in [0.2, 0.25) is 10.0 Å². The highest BCUT2D eigenvalue weighted by molar-refractivity contribution is 7.89. The molecule has 0 spiro atoms. The number of pyridine rings is 1. The molecule has 0 amide bonds. The zero-order valence-corrected chi connectivity index (χ0v) is 11.0. The summed E-state index contributed by atoms with van der Waals surface area (Å²) >= 11 is 0. The summed E-state index contributed by atoms with van der Waals surface area (Å²) in [5.74, 6) is 5.26. The van der Waals surface area contributed by atoms with Crippen LogP contribution in [0.15, 0.2) is 23.4 Å². The summed E-state index contributed by atoms with van der Waals surface area (Å²) in [5, 5.41) is 0. The van der Waals surface area contributed by atoms with E-state index in [1.54, 1.807) is 0 Å². The summed E-state index contributed by atoms with van der Waals surface area (Å²) in [6, 6.07) is 1.51. The lowest BCUT2D eigenvalue weighted by molar-refractivity contribution is 0.407. The third-order valence-corrected chi connectivity index (χ3v) is 3.45. The van der Waals surface area contributed by atoms with E-state index in [0.717, 1.165) is 0 Å². The number of rotatable bonds is 4. The van der Waals surface area contributed by atoms with E-state index in [0.29, 0.717) is 12.2 Å². The number of nitrogens with one attached hydrogen (secondary N) is 2. The van der Waals surface area contributed by atoms with Crippen LogP contribution in [-0.4, -0.2) is 19.9 Å². The molecule has 0 radical (unpaired) electrons. The third-order valence-electron chi connectivity index (χ3n) is 2.02. The highest BCUT2D eigenvalue weighted by Gasteiger charge is 2.21. The van der Waals surface area contributed by atoms with Gasteiger partial charge < -0.3 is 5.43 Å². The number of sulfonamides is 1. The Balaban J connectivity index is 2.98. The van der Waals surface area contributed by atoms with Crippen molar-refractivity contribution in [1.82, 2.24) is 9.71 Å². The zero-order valence-electron chi connectivity index (χ0n) is 10.2. The van der Waals surface area contributed by atoms with Crippen molar-refractivity contribution in [3.05, 3.63) is 18.5 Å². The molecular formula is C10H18N4O2S. The molecule has 0 saturated heterocycles. The molecule has 6 nitrogen and oxygen atoms in total. The molecule has 7 heteroatoms. The number of hydrazine groups is 1. The molecular weight excluding hydrogens is 240 g/mol. The number of hydrogen-bond acceptors (Lipinski definition) is 5. The molecule has 0 unspecified atom stereocenters. The first-order valence-corrected chi connectivity index (χ1v) is 6.65. The van der Waals surface area contributed by atoms with Gasteiger partial charge in [-0.05, 0) is 11.5 Å². The number of nitrogens with zero attached hydrogens (tertiary/aromatic N) is 1. The van der Waals surface area contributed by atoms with Crippen molar-refractivity contribution >= 4 is 15.7 Å². The Morgan fingerprint density at radius 3 is 2.59 bits per heavy atom. The minimum absolute atomic E-state index is 0.0479. The first-order valence-electron chi connectivity index (χ1n) is 5.16. The number of nitrogen functional groups attached to an aromatic ring is 1. The first-order chi connectivity index (χ1) is 7.76. The monoisotopic (exact) mass is 258 g/mol. The number of hydrogen-bond donors (Lipinski definition) is 3. The van der Waals surface area contributed by atoms with Crippen molar-refractivity contribution in [3.8, 4) is 0 Å². The van der Waals surface area contributed by atoms with Crippen molar-refractivity contribution < 1.29 is 8.42 Å². The van der Waals surface area contributed by atoms with Crippen LogP contribution >= 0.6 is 0 Å². The predicted molar refractivity (Wildman–Crippen MR) is 66.7 cm³/mol. The van der Waals surface area contributed by atoms with E-state index in [-0.39, 0.29) is 10.3 Å². The SMILES string of the molecule is CC(C)(C)CNS(=O)(=O)c1cnccc1NN. The molecule has 0 aliphatic carbocycles. The normalized spacial score (nSPS) is 12.5. The molecule has 0 fully saturated rings. The largest absolute Gasteiger partial charge is 0.323 e. The number of aromatic nitrogens is 1. The smallest absolute Gasteiger partial charge is 0.244 e. The average Bonchev–Trinajstić information content (AvgIpc) is 2.26. The Hall–Kier alpha value is -1.18. The van der Waals surface area contributed by atoms with Crippen LogP contribution in [0.1, 0.15) is 20.8 Å². The number of anilines is 1. The Morgan fingerprint density at radius 2 is 2.06 bits per heavy atom. The molecule has 1 aromatic heterocycles. The van der Waals surface area contributed by atoms with Gasteiger partial charge in [-0.25, -0.2) is 13.1 Å². The van der Waals surface area contributed by atoms with Gasteiger partial charge in [0.15, 0.2) is 0 Å². The van der Waals surface area contributed by atoms with Gasteiger partial charge in [0.25, 0.3) is 0 Å². The fourth-order valence-corrected chi connectivity index (χ4v) is 2.50. The van der Waals surface area contributed by atoms with Gasteiger partial charge in [0, 0.05) is 18.9 Å². The molecule has 17 heavy (non-hydrogen) atoms. The van der Waals surface area contributed by atoms with Crippen LogP contribution < -0.4 is 16.0 Å². The summed E-state index contributed by atoms with van der Waals surface area (Å²) in [7, 11) is -3.59. The predicted octanol–water partition coefficient (Wildman–Crippen LogP) is 0.692. The molecule has 0 bridgehead atoms. The lowest BCUT2D eigenvalue weighted by atomic mass is 9.98. The van der Waals surface area contributed by atoms with Gasteiger partial charge in [0.1, 0.15) is 4.90 Å². The molecule has 1 heterocycles. The lowest BCUT2D eigenvalue weighted by Gasteiger charge is -2.19. The summed E-state index contributed by atoms with van der Waals surface area (Å²) in [6.07, 6.45) is 2.73. The Kier molecular flexibility index (Phi) is 4.07. The van der Waals surface area contributed by atoms with Crippen molar-refractivity contribution in [2.24, 2.45) is 11.3 Å². The van der Waals surface area contributed by atoms with E-state index < -0.39 is 10.0 Å².